The largest absolute Gasteiger partial charge is 0.455 e. The molecule has 0 amide bonds. The maximum atomic E-state index is 7.43. The molecule has 340 valence electrons. The zero-order chi connectivity index (χ0) is 47.8. The van der Waals surface area contributed by atoms with Gasteiger partial charge in [-0.1, -0.05) is 170 Å². The molecular formula is C69H42N2O2. The van der Waals surface area contributed by atoms with Crippen LogP contribution in [0.2, 0.25) is 0 Å². The van der Waals surface area contributed by atoms with E-state index >= 15 is 0 Å². The average molecular weight is 931 g/mol. The number of benzene rings is 12. The van der Waals surface area contributed by atoms with E-state index in [0.717, 1.165) is 99.9 Å². The lowest BCUT2D eigenvalue weighted by molar-refractivity contribution is 0.665. The quantitative estimate of drug-likeness (QED) is 0.166. The molecule has 0 aliphatic heterocycles. The smallest absolute Gasteiger partial charge is 0.144 e. The topological polar surface area (TPSA) is 32.8 Å². The number of hydrogen-bond acceptors (Lipinski definition) is 4. The Hall–Kier alpha value is -9.64. The minimum Gasteiger partial charge on any atom is -0.455 e. The Kier molecular flexibility index (Phi) is 8.35. The lowest BCUT2D eigenvalue weighted by atomic mass is 9.68. The predicted octanol–water partition coefficient (Wildman–Crippen LogP) is 19.1. The fourth-order valence-electron chi connectivity index (χ4n) is 13.0. The Labute approximate surface area is 420 Å². The van der Waals surface area contributed by atoms with Crippen molar-refractivity contribution < 1.29 is 8.83 Å². The van der Waals surface area contributed by atoms with Gasteiger partial charge in [0.05, 0.1) is 5.41 Å². The van der Waals surface area contributed by atoms with Gasteiger partial charge >= 0.3 is 0 Å². The number of nitrogens with zero attached hydrogens (tertiary/aromatic N) is 2. The first-order valence-electron chi connectivity index (χ1n) is 25.1. The lowest BCUT2D eigenvalue weighted by Crippen LogP contribution is -2.26. The van der Waals surface area contributed by atoms with Gasteiger partial charge in [-0.25, -0.2) is 0 Å². The summed E-state index contributed by atoms with van der Waals surface area (Å²) in [5, 5.41) is 8.97. The van der Waals surface area contributed by atoms with Crippen molar-refractivity contribution in [3.8, 4) is 22.3 Å². The molecule has 0 saturated heterocycles. The maximum absolute atomic E-state index is 7.43. The van der Waals surface area contributed by atoms with Crippen LogP contribution in [-0.2, 0) is 5.41 Å². The van der Waals surface area contributed by atoms with E-state index in [1.807, 2.05) is 0 Å². The number of furan rings is 2. The van der Waals surface area contributed by atoms with Crippen LogP contribution in [0.4, 0.5) is 34.1 Å². The minimum absolute atomic E-state index is 0.783. The number of para-hydroxylation sites is 6. The SMILES string of the molecule is c1ccc(N(c2ccccc2)c2ccc3c4c(c5oc6ccccc6c5c3c2)-c2c(c3ccc(N(c5ccccc5)c5ccccc5)cc3c3c2oc2ccccc23)C42c3ccccc3-c3ccccc32)cc1. The molecule has 16 rings (SSSR count). The first-order chi connectivity index (χ1) is 36.3. The zero-order valence-electron chi connectivity index (χ0n) is 39.5. The second kappa shape index (κ2) is 15.2. The highest BCUT2D eigenvalue weighted by atomic mass is 16.3. The van der Waals surface area contributed by atoms with Crippen molar-refractivity contribution in [3.05, 3.63) is 277 Å². The standard InChI is InChI=1S/C69H42N2O2/c1-5-21-43(22-6-1)70(44-23-7-2-8-24-44)47-37-39-51-55(41-47)61-53-31-15-19-35-59(53)72-67(61)63-64-66(69(65(51)63)57-33-17-13-29-49(57)50-30-14-18-34-58(50)69)52-40-38-48(42-56(52)62-54-32-16-20-36-60(54)73-68(62)64)71(45-25-9-3-10-26-45)46-27-11-4-12-28-46/h1-42H. The first-order valence-corrected chi connectivity index (χ1v) is 25.1. The van der Waals surface area contributed by atoms with Crippen LogP contribution >= 0.6 is 0 Å². The summed E-state index contributed by atoms with van der Waals surface area (Å²) in [7, 11) is 0. The van der Waals surface area contributed by atoms with Crippen LogP contribution in [-0.4, -0.2) is 0 Å². The predicted molar refractivity (Wildman–Crippen MR) is 302 cm³/mol. The number of anilines is 6. The van der Waals surface area contributed by atoms with Crippen molar-refractivity contribution in [2.24, 2.45) is 0 Å². The number of fused-ring (bicyclic) bond motifs is 24. The van der Waals surface area contributed by atoms with Gasteiger partial charge in [0.2, 0.25) is 0 Å². The summed E-state index contributed by atoms with van der Waals surface area (Å²) in [5.74, 6) is 0. The van der Waals surface area contributed by atoms with Gasteiger partial charge in [-0.3, -0.25) is 0 Å². The van der Waals surface area contributed by atoms with Crippen LogP contribution in [0.25, 0.3) is 87.7 Å². The maximum Gasteiger partial charge on any atom is 0.144 e. The van der Waals surface area contributed by atoms with Crippen LogP contribution in [0.15, 0.2) is 264 Å². The third-order valence-electron chi connectivity index (χ3n) is 15.8. The monoisotopic (exact) mass is 930 g/mol. The molecule has 1 spiro atoms. The molecule has 73 heavy (non-hydrogen) atoms. The summed E-state index contributed by atoms with van der Waals surface area (Å²) >= 11 is 0. The molecule has 0 atom stereocenters. The molecule has 0 radical (unpaired) electrons. The van der Waals surface area contributed by atoms with Gasteiger partial charge in [-0.2, -0.15) is 0 Å². The molecular weight excluding hydrogens is 889 g/mol. The van der Waals surface area contributed by atoms with Gasteiger partial charge in [0.25, 0.3) is 0 Å². The summed E-state index contributed by atoms with van der Waals surface area (Å²) in [6, 6.07) is 92.3. The van der Waals surface area contributed by atoms with Crippen LogP contribution in [0.5, 0.6) is 0 Å². The van der Waals surface area contributed by atoms with Crippen molar-refractivity contribution in [3.63, 3.8) is 0 Å². The molecule has 0 N–H and O–H groups in total. The second-order valence-electron chi connectivity index (χ2n) is 19.4. The van der Waals surface area contributed by atoms with E-state index in [9.17, 15) is 0 Å². The second-order valence-corrected chi connectivity index (χ2v) is 19.4. The molecule has 2 aliphatic rings. The summed E-state index contributed by atoms with van der Waals surface area (Å²) in [4.78, 5) is 4.73. The molecule has 0 bridgehead atoms. The van der Waals surface area contributed by atoms with E-state index in [1.165, 1.54) is 44.2 Å². The Morgan fingerprint density at radius 3 is 1.01 bits per heavy atom. The van der Waals surface area contributed by atoms with Crippen LogP contribution < -0.4 is 9.80 Å². The van der Waals surface area contributed by atoms with Gasteiger partial charge in [0.1, 0.15) is 22.3 Å². The fraction of sp³-hybridized carbons (Fsp3) is 0.0145. The van der Waals surface area contributed by atoms with Crippen LogP contribution in [0.1, 0.15) is 22.3 Å². The van der Waals surface area contributed by atoms with Crippen molar-refractivity contribution in [2.75, 3.05) is 9.80 Å². The molecule has 2 heterocycles. The van der Waals surface area contributed by atoms with E-state index in [1.54, 1.807) is 0 Å². The van der Waals surface area contributed by atoms with Crippen molar-refractivity contribution in [1.29, 1.82) is 0 Å². The van der Waals surface area contributed by atoms with Crippen molar-refractivity contribution in [2.45, 2.75) is 5.41 Å². The fourth-order valence-corrected chi connectivity index (χ4v) is 13.0. The highest BCUT2D eigenvalue weighted by Gasteiger charge is 2.55. The van der Waals surface area contributed by atoms with Gasteiger partial charge < -0.3 is 18.6 Å². The Balaban J connectivity index is 1.11. The number of hydrogen-bond donors (Lipinski definition) is 0. The molecule has 12 aromatic carbocycles. The average Bonchev–Trinajstić information content (AvgIpc) is 4.36. The summed E-state index contributed by atoms with van der Waals surface area (Å²) in [6.45, 7) is 0. The van der Waals surface area contributed by atoms with Crippen LogP contribution in [0, 0.1) is 0 Å². The Bertz CT molecular complexity index is 4180. The third kappa shape index (κ3) is 5.44. The normalized spacial score (nSPS) is 13.0. The van der Waals surface area contributed by atoms with E-state index in [-0.39, 0.29) is 0 Å². The zero-order valence-corrected chi connectivity index (χ0v) is 39.5. The van der Waals surface area contributed by atoms with E-state index < -0.39 is 5.41 Å². The molecule has 0 saturated carbocycles. The van der Waals surface area contributed by atoms with Gasteiger partial charge in [0, 0.05) is 66.8 Å². The molecule has 4 heteroatoms. The first kappa shape index (κ1) is 40.1. The van der Waals surface area contributed by atoms with Gasteiger partial charge in [-0.15, -0.1) is 0 Å². The lowest BCUT2D eigenvalue weighted by Gasteiger charge is -2.33. The highest BCUT2D eigenvalue weighted by molar-refractivity contribution is 6.32. The summed E-state index contributed by atoms with van der Waals surface area (Å²) in [5.41, 5.74) is 18.7. The summed E-state index contributed by atoms with van der Waals surface area (Å²) < 4.78 is 14.9. The summed E-state index contributed by atoms with van der Waals surface area (Å²) in [6.07, 6.45) is 0. The van der Waals surface area contributed by atoms with Crippen molar-refractivity contribution >= 4 is 99.5 Å². The van der Waals surface area contributed by atoms with Crippen LogP contribution in [0.3, 0.4) is 0 Å². The van der Waals surface area contributed by atoms with Crippen molar-refractivity contribution in [1.82, 2.24) is 0 Å². The Morgan fingerprint density at radius 2 is 0.616 bits per heavy atom. The van der Waals surface area contributed by atoms with E-state index in [0.29, 0.717) is 0 Å². The van der Waals surface area contributed by atoms with E-state index in [4.69, 9.17) is 8.83 Å². The van der Waals surface area contributed by atoms with E-state index in [2.05, 4.69) is 265 Å². The van der Waals surface area contributed by atoms with Gasteiger partial charge in [0.15, 0.2) is 0 Å². The Morgan fingerprint density at radius 1 is 0.274 bits per heavy atom. The molecule has 14 aromatic rings. The van der Waals surface area contributed by atoms with Gasteiger partial charge in [-0.05, 0) is 140 Å². The molecule has 2 aliphatic carbocycles. The third-order valence-corrected chi connectivity index (χ3v) is 15.8. The molecule has 0 unspecified atom stereocenters. The minimum atomic E-state index is -0.783. The molecule has 4 nitrogen and oxygen atoms in total. The highest BCUT2D eigenvalue weighted by Crippen LogP contribution is 2.69. The molecule has 2 aromatic heterocycles. The molecule has 0 fully saturated rings. The number of rotatable bonds is 6.